The van der Waals surface area contributed by atoms with Gasteiger partial charge in [0.15, 0.2) is 0 Å². The van der Waals surface area contributed by atoms with Gasteiger partial charge in [-0.15, -0.1) is 0 Å². The molecule has 3 heteroatoms. The zero-order valence-electron chi connectivity index (χ0n) is 22.9. The number of hydrogen-bond donors (Lipinski definition) is 1. The van der Waals surface area contributed by atoms with E-state index in [2.05, 4.69) is 91.3 Å². The Morgan fingerprint density at radius 2 is 1.51 bits per heavy atom. The Morgan fingerprint density at radius 3 is 2.17 bits per heavy atom. The van der Waals surface area contributed by atoms with Gasteiger partial charge in [0.2, 0.25) is 0 Å². The topological polar surface area (TPSA) is 18.5 Å². The van der Waals surface area contributed by atoms with Gasteiger partial charge in [-0.25, -0.2) is 0 Å². The van der Waals surface area contributed by atoms with E-state index in [1.165, 1.54) is 88.1 Å². The van der Waals surface area contributed by atoms with Gasteiger partial charge in [-0.1, -0.05) is 76.6 Å². The molecule has 0 amide bonds. The molecule has 0 spiro atoms. The largest absolute Gasteiger partial charge is 0.369 e. The Morgan fingerprint density at radius 1 is 0.829 bits per heavy atom. The van der Waals surface area contributed by atoms with Crippen molar-refractivity contribution in [1.29, 1.82) is 0 Å². The van der Waals surface area contributed by atoms with Crippen molar-refractivity contribution < 1.29 is 0 Å². The molecule has 192 valence electrons. The summed E-state index contributed by atoms with van der Waals surface area (Å²) in [7, 11) is 0. The lowest BCUT2D eigenvalue weighted by atomic mass is 9.68. The summed E-state index contributed by atoms with van der Waals surface area (Å²) in [5.41, 5.74) is 6.36. The fraction of sp³-hybridized carbons (Fsp3) is 0.625. The van der Waals surface area contributed by atoms with Crippen LogP contribution in [0, 0.1) is 11.3 Å². The molecule has 4 rings (SSSR count). The lowest BCUT2D eigenvalue weighted by Gasteiger charge is -2.40. The molecule has 1 saturated heterocycles. The molecule has 2 aliphatic rings. The number of nitrogens with one attached hydrogen (secondary N) is 1. The zero-order chi connectivity index (χ0) is 24.7. The highest BCUT2D eigenvalue weighted by atomic mass is 15.3. The molecule has 2 aromatic rings. The number of rotatable bonds is 9. The summed E-state index contributed by atoms with van der Waals surface area (Å²) in [5.74, 6) is 1.57. The van der Waals surface area contributed by atoms with Crippen LogP contribution in [0.5, 0.6) is 0 Å². The highest BCUT2D eigenvalue weighted by molar-refractivity contribution is 5.57. The average Bonchev–Trinajstić information content (AvgIpc) is 2.88. The van der Waals surface area contributed by atoms with E-state index < -0.39 is 0 Å². The van der Waals surface area contributed by atoms with E-state index in [4.69, 9.17) is 0 Å². The van der Waals surface area contributed by atoms with Crippen LogP contribution in [-0.2, 0) is 13.1 Å². The smallest absolute Gasteiger partial charge is 0.0402 e. The molecule has 1 aliphatic carbocycles. The summed E-state index contributed by atoms with van der Waals surface area (Å²) in [6.07, 6.45) is 8.04. The van der Waals surface area contributed by atoms with Gasteiger partial charge in [0, 0.05) is 45.0 Å². The molecule has 2 fully saturated rings. The predicted octanol–water partition coefficient (Wildman–Crippen LogP) is 7.22. The first-order valence-electron chi connectivity index (χ1n) is 14.3. The van der Waals surface area contributed by atoms with Crippen molar-refractivity contribution in [3.05, 3.63) is 65.2 Å². The summed E-state index contributed by atoms with van der Waals surface area (Å²) >= 11 is 0. The van der Waals surface area contributed by atoms with Crippen molar-refractivity contribution in [2.75, 3.05) is 37.6 Å². The first-order chi connectivity index (χ1) is 16.9. The van der Waals surface area contributed by atoms with Crippen LogP contribution in [0.4, 0.5) is 5.69 Å². The zero-order valence-corrected chi connectivity index (χ0v) is 22.9. The molecule has 1 N–H and O–H groups in total. The van der Waals surface area contributed by atoms with Gasteiger partial charge < -0.3 is 10.2 Å². The monoisotopic (exact) mass is 475 g/mol. The molecule has 1 heterocycles. The van der Waals surface area contributed by atoms with Gasteiger partial charge in [0.05, 0.1) is 0 Å². The van der Waals surface area contributed by atoms with E-state index in [1.807, 2.05) is 0 Å². The standard InChI is InChI=1S/C32H49N3/c1-5-6-18-34-19-21-35(22-20-34)31-17-12-27(25-33-24-26-10-8-7-9-11-26)23-30(31)28-13-15-29(16-14-28)32(2,3)4/h7-12,17,23,28-29,33H,5-6,13-16,18-22,24-25H2,1-4H3. The van der Waals surface area contributed by atoms with Crippen LogP contribution in [-0.4, -0.2) is 37.6 Å². The first-order valence-corrected chi connectivity index (χ1v) is 14.3. The van der Waals surface area contributed by atoms with Crippen molar-refractivity contribution in [2.45, 2.75) is 85.2 Å². The molecule has 1 aliphatic heterocycles. The van der Waals surface area contributed by atoms with Crippen LogP contribution in [0.3, 0.4) is 0 Å². The fourth-order valence-electron chi connectivity index (χ4n) is 6.14. The van der Waals surface area contributed by atoms with E-state index >= 15 is 0 Å². The fourth-order valence-corrected chi connectivity index (χ4v) is 6.14. The molecule has 0 unspecified atom stereocenters. The molecule has 2 aromatic carbocycles. The first kappa shape index (κ1) is 26.2. The van der Waals surface area contributed by atoms with Crippen molar-refractivity contribution >= 4 is 5.69 Å². The van der Waals surface area contributed by atoms with Gasteiger partial charge in [-0.05, 0) is 78.7 Å². The van der Waals surface area contributed by atoms with Crippen molar-refractivity contribution in [2.24, 2.45) is 11.3 Å². The summed E-state index contributed by atoms with van der Waals surface area (Å²) in [4.78, 5) is 5.35. The second kappa shape index (κ2) is 12.4. The number of nitrogens with zero attached hydrogens (tertiary/aromatic N) is 2. The van der Waals surface area contributed by atoms with Gasteiger partial charge >= 0.3 is 0 Å². The third kappa shape index (κ3) is 7.33. The molecular formula is C32H49N3. The molecule has 0 aromatic heterocycles. The van der Waals surface area contributed by atoms with Crippen LogP contribution in [0.15, 0.2) is 48.5 Å². The van der Waals surface area contributed by atoms with Crippen LogP contribution >= 0.6 is 0 Å². The van der Waals surface area contributed by atoms with E-state index in [0.717, 1.165) is 19.0 Å². The maximum atomic E-state index is 3.68. The molecule has 0 bridgehead atoms. The Labute approximate surface area is 215 Å². The van der Waals surface area contributed by atoms with Crippen molar-refractivity contribution in [3.63, 3.8) is 0 Å². The Hall–Kier alpha value is -1.84. The van der Waals surface area contributed by atoms with Crippen LogP contribution in [0.25, 0.3) is 0 Å². The lowest BCUT2D eigenvalue weighted by molar-refractivity contribution is 0.169. The summed E-state index contributed by atoms with van der Waals surface area (Å²) in [6.45, 7) is 17.5. The molecule has 1 saturated carbocycles. The minimum Gasteiger partial charge on any atom is -0.369 e. The Kier molecular flexibility index (Phi) is 9.30. The van der Waals surface area contributed by atoms with Gasteiger partial charge in [-0.3, -0.25) is 4.90 Å². The highest BCUT2D eigenvalue weighted by Gasteiger charge is 2.32. The number of piperazine rings is 1. The third-order valence-electron chi connectivity index (χ3n) is 8.53. The lowest BCUT2D eigenvalue weighted by Crippen LogP contribution is -2.47. The Bertz CT molecular complexity index is 885. The summed E-state index contributed by atoms with van der Waals surface area (Å²) < 4.78 is 0. The normalized spacial score (nSPS) is 21.9. The van der Waals surface area contributed by atoms with Gasteiger partial charge in [-0.2, -0.15) is 0 Å². The third-order valence-corrected chi connectivity index (χ3v) is 8.53. The molecule has 35 heavy (non-hydrogen) atoms. The minimum atomic E-state index is 0.436. The maximum absolute atomic E-state index is 3.68. The molecule has 0 atom stereocenters. The molecule has 0 radical (unpaired) electrons. The van der Waals surface area contributed by atoms with E-state index in [1.54, 1.807) is 5.56 Å². The average molecular weight is 476 g/mol. The van der Waals surface area contributed by atoms with Crippen LogP contribution in [0.1, 0.15) is 88.8 Å². The Balaban J connectivity index is 1.46. The van der Waals surface area contributed by atoms with Crippen LogP contribution in [0.2, 0.25) is 0 Å². The second-order valence-electron chi connectivity index (χ2n) is 12.1. The summed E-state index contributed by atoms with van der Waals surface area (Å²) in [5, 5.41) is 3.68. The SMILES string of the molecule is CCCCN1CCN(c2ccc(CNCc3ccccc3)cc2C2CCC(C(C)(C)C)CC2)CC1. The highest BCUT2D eigenvalue weighted by Crippen LogP contribution is 2.45. The van der Waals surface area contributed by atoms with E-state index in [-0.39, 0.29) is 0 Å². The molecular weight excluding hydrogens is 426 g/mol. The van der Waals surface area contributed by atoms with Crippen molar-refractivity contribution in [3.8, 4) is 0 Å². The van der Waals surface area contributed by atoms with E-state index in [0.29, 0.717) is 11.3 Å². The van der Waals surface area contributed by atoms with E-state index in [9.17, 15) is 0 Å². The quantitative estimate of drug-likeness (QED) is 0.413. The van der Waals surface area contributed by atoms with Crippen LogP contribution < -0.4 is 10.2 Å². The number of unbranched alkanes of at least 4 members (excludes halogenated alkanes) is 1. The number of benzene rings is 2. The summed E-state index contributed by atoms with van der Waals surface area (Å²) in [6, 6.07) is 18.1. The van der Waals surface area contributed by atoms with Crippen molar-refractivity contribution in [1.82, 2.24) is 10.2 Å². The molecule has 3 nitrogen and oxygen atoms in total. The minimum absolute atomic E-state index is 0.436. The van der Waals surface area contributed by atoms with Gasteiger partial charge in [0.25, 0.3) is 0 Å². The number of anilines is 1. The maximum Gasteiger partial charge on any atom is 0.0402 e. The van der Waals surface area contributed by atoms with Gasteiger partial charge in [0.1, 0.15) is 0 Å². The predicted molar refractivity (Wildman–Crippen MR) is 151 cm³/mol. The second-order valence-corrected chi connectivity index (χ2v) is 12.1. The number of hydrogen-bond acceptors (Lipinski definition) is 3.